The summed E-state index contributed by atoms with van der Waals surface area (Å²) >= 11 is 1.75. The zero-order valence-corrected chi connectivity index (χ0v) is 15.1. The van der Waals surface area contributed by atoms with Crippen molar-refractivity contribution in [2.45, 2.75) is 45.5 Å². The van der Waals surface area contributed by atoms with Gasteiger partial charge in [-0.3, -0.25) is 4.90 Å². The van der Waals surface area contributed by atoms with Crippen molar-refractivity contribution in [3.63, 3.8) is 0 Å². The molecule has 2 unspecified atom stereocenters. The second-order valence-electron chi connectivity index (χ2n) is 6.66. The summed E-state index contributed by atoms with van der Waals surface area (Å²) in [4.78, 5) is 2.15. The van der Waals surface area contributed by atoms with Crippen molar-refractivity contribution in [3.8, 4) is 0 Å². The van der Waals surface area contributed by atoms with E-state index in [1.807, 2.05) is 0 Å². The van der Waals surface area contributed by atoms with Gasteiger partial charge in [-0.2, -0.15) is 11.8 Å². The maximum atomic E-state index is 11.9. The van der Waals surface area contributed by atoms with Crippen LogP contribution in [-0.4, -0.2) is 62.1 Å². The summed E-state index contributed by atoms with van der Waals surface area (Å²) in [5, 5.41) is 3.23. The Hall–Kier alpha value is 0.220. The molecule has 0 saturated carbocycles. The van der Waals surface area contributed by atoms with Crippen LogP contribution in [0.2, 0.25) is 0 Å². The Morgan fingerprint density at radius 3 is 2.55 bits per heavy atom. The molecule has 1 aliphatic rings. The Labute approximate surface area is 129 Å². The average molecular weight is 323 g/mol. The Morgan fingerprint density at radius 1 is 1.40 bits per heavy atom. The molecule has 0 aliphatic carbocycles. The number of nitrogens with zero attached hydrogens (tertiary/aromatic N) is 1. The van der Waals surface area contributed by atoms with Crippen LogP contribution in [0, 0.1) is 5.41 Å². The third kappa shape index (κ3) is 5.54. The van der Waals surface area contributed by atoms with Gasteiger partial charge in [0.1, 0.15) is 5.37 Å². The van der Waals surface area contributed by atoms with Crippen molar-refractivity contribution in [2.24, 2.45) is 5.41 Å². The molecule has 1 fully saturated rings. The Kier molecular flexibility index (Phi) is 6.83. The Balaban J connectivity index is 2.65. The van der Waals surface area contributed by atoms with E-state index in [0.717, 1.165) is 31.8 Å². The summed E-state index contributed by atoms with van der Waals surface area (Å²) in [6.45, 7) is 11.5. The molecular formula is C14H30N2O2S2. The fourth-order valence-corrected chi connectivity index (χ4v) is 5.62. The molecule has 0 aromatic heterocycles. The van der Waals surface area contributed by atoms with E-state index >= 15 is 0 Å². The van der Waals surface area contributed by atoms with E-state index in [-0.39, 0.29) is 10.8 Å². The first-order chi connectivity index (χ1) is 9.16. The van der Waals surface area contributed by atoms with Crippen LogP contribution in [0.5, 0.6) is 0 Å². The number of sulfone groups is 1. The van der Waals surface area contributed by atoms with Gasteiger partial charge in [0.15, 0.2) is 9.84 Å². The lowest BCUT2D eigenvalue weighted by Crippen LogP contribution is -2.49. The van der Waals surface area contributed by atoms with E-state index in [1.54, 1.807) is 11.8 Å². The van der Waals surface area contributed by atoms with Gasteiger partial charge in [-0.05, 0) is 18.4 Å². The third-order valence-electron chi connectivity index (χ3n) is 3.89. The third-order valence-corrected chi connectivity index (χ3v) is 6.57. The van der Waals surface area contributed by atoms with E-state index in [1.165, 1.54) is 6.26 Å². The first kappa shape index (κ1) is 18.3. The number of thioether (sulfide) groups is 1. The standard InChI is InChI=1S/C14H30N2O2S2/c1-6-15-12(14(2,3)4)7-8-16-9-10-19-11-13(16)20(5,17)18/h12-13,15H,6-11H2,1-5H3. The quantitative estimate of drug-likeness (QED) is 0.808. The second kappa shape index (κ2) is 7.47. The van der Waals surface area contributed by atoms with E-state index in [9.17, 15) is 8.42 Å². The maximum Gasteiger partial charge on any atom is 0.164 e. The summed E-state index contributed by atoms with van der Waals surface area (Å²) in [6, 6.07) is 0.419. The average Bonchev–Trinajstić information content (AvgIpc) is 2.32. The fourth-order valence-electron chi connectivity index (χ4n) is 2.65. The first-order valence-electron chi connectivity index (χ1n) is 7.40. The molecule has 4 nitrogen and oxygen atoms in total. The van der Waals surface area contributed by atoms with Gasteiger partial charge in [0.05, 0.1) is 0 Å². The molecule has 6 heteroatoms. The molecule has 0 aromatic carbocycles. The van der Waals surface area contributed by atoms with Crippen molar-refractivity contribution in [2.75, 3.05) is 37.4 Å². The Bertz CT molecular complexity index is 390. The highest BCUT2D eigenvalue weighted by Crippen LogP contribution is 2.25. The smallest absolute Gasteiger partial charge is 0.164 e. The zero-order valence-electron chi connectivity index (χ0n) is 13.5. The summed E-state index contributed by atoms with van der Waals surface area (Å²) in [5.41, 5.74) is 0.196. The van der Waals surface area contributed by atoms with Crippen LogP contribution in [0.15, 0.2) is 0 Å². The lowest BCUT2D eigenvalue weighted by Gasteiger charge is -2.37. The molecule has 0 aromatic rings. The number of rotatable bonds is 6. The predicted molar refractivity (Wildman–Crippen MR) is 89.1 cm³/mol. The van der Waals surface area contributed by atoms with Crippen LogP contribution < -0.4 is 5.32 Å². The van der Waals surface area contributed by atoms with Gasteiger partial charge in [-0.15, -0.1) is 0 Å². The van der Waals surface area contributed by atoms with E-state index in [2.05, 4.69) is 37.9 Å². The molecule has 20 heavy (non-hydrogen) atoms. The van der Waals surface area contributed by atoms with Crippen molar-refractivity contribution in [1.82, 2.24) is 10.2 Å². The molecule has 1 rings (SSSR count). The van der Waals surface area contributed by atoms with Gasteiger partial charge in [-0.25, -0.2) is 8.42 Å². The molecule has 2 atom stereocenters. The highest BCUT2D eigenvalue weighted by molar-refractivity contribution is 8.00. The number of nitrogens with one attached hydrogen (secondary N) is 1. The zero-order chi connectivity index (χ0) is 15.4. The van der Waals surface area contributed by atoms with Crippen LogP contribution in [0.3, 0.4) is 0 Å². The maximum absolute atomic E-state index is 11.9. The van der Waals surface area contributed by atoms with Crippen LogP contribution >= 0.6 is 11.8 Å². The fraction of sp³-hybridized carbons (Fsp3) is 1.00. The molecule has 120 valence electrons. The minimum absolute atomic E-state index is 0.196. The minimum Gasteiger partial charge on any atom is -0.314 e. The Morgan fingerprint density at radius 2 is 2.05 bits per heavy atom. The molecule has 0 radical (unpaired) electrons. The number of hydrogen-bond acceptors (Lipinski definition) is 5. The molecule has 1 N–H and O–H groups in total. The lowest BCUT2D eigenvalue weighted by atomic mass is 9.84. The van der Waals surface area contributed by atoms with Crippen molar-refractivity contribution in [1.29, 1.82) is 0 Å². The van der Waals surface area contributed by atoms with Gasteiger partial charge in [0, 0.05) is 36.9 Å². The highest BCUT2D eigenvalue weighted by atomic mass is 32.2. The molecule has 0 bridgehead atoms. The SMILES string of the molecule is CCNC(CCN1CCSCC1S(C)(=O)=O)C(C)(C)C. The first-order valence-corrected chi connectivity index (χ1v) is 10.5. The number of hydrogen-bond donors (Lipinski definition) is 1. The monoisotopic (exact) mass is 322 g/mol. The summed E-state index contributed by atoms with van der Waals surface area (Å²) in [6.07, 6.45) is 2.36. The van der Waals surface area contributed by atoms with Gasteiger partial charge in [0.2, 0.25) is 0 Å². The largest absolute Gasteiger partial charge is 0.314 e. The molecule has 1 aliphatic heterocycles. The molecular weight excluding hydrogens is 292 g/mol. The van der Waals surface area contributed by atoms with Crippen LogP contribution in [-0.2, 0) is 9.84 Å². The van der Waals surface area contributed by atoms with Crippen molar-refractivity contribution >= 4 is 21.6 Å². The molecule has 0 amide bonds. The topological polar surface area (TPSA) is 49.4 Å². The molecule has 1 heterocycles. The van der Waals surface area contributed by atoms with E-state index < -0.39 is 9.84 Å². The molecule has 0 spiro atoms. The predicted octanol–water partition coefficient (Wildman–Crippen LogP) is 1.82. The summed E-state index contributed by atoms with van der Waals surface area (Å²) in [7, 11) is -2.99. The molecule has 1 saturated heterocycles. The van der Waals surface area contributed by atoms with Gasteiger partial charge < -0.3 is 5.32 Å². The van der Waals surface area contributed by atoms with E-state index in [0.29, 0.717) is 11.8 Å². The summed E-state index contributed by atoms with van der Waals surface area (Å²) < 4.78 is 23.8. The lowest BCUT2D eigenvalue weighted by molar-refractivity contribution is 0.203. The highest BCUT2D eigenvalue weighted by Gasteiger charge is 2.32. The minimum atomic E-state index is -2.99. The van der Waals surface area contributed by atoms with Gasteiger partial charge in [-0.1, -0.05) is 27.7 Å². The van der Waals surface area contributed by atoms with Crippen LogP contribution in [0.1, 0.15) is 34.1 Å². The van der Waals surface area contributed by atoms with Crippen molar-refractivity contribution < 1.29 is 8.42 Å². The summed E-state index contributed by atoms with van der Waals surface area (Å²) in [5.74, 6) is 1.74. The van der Waals surface area contributed by atoms with Crippen LogP contribution in [0.25, 0.3) is 0 Å². The normalized spacial score (nSPS) is 23.8. The second-order valence-corrected chi connectivity index (χ2v) is 10.0. The van der Waals surface area contributed by atoms with Crippen LogP contribution in [0.4, 0.5) is 0 Å². The van der Waals surface area contributed by atoms with E-state index in [4.69, 9.17) is 0 Å². The van der Waals surface area contributed by atoms with Crippen molar-refractivity contribution in [3.05, 3.63) is 0 Å². The van der Waals surface area contributed by atoms with Gasteiger partial charge in [0.25, 0.3) is 0 Å². The van der Waals surface area contributed by atoms with Gasteiger partial charge >= 0.3 is 0 Å².